The lowest BCUT2D eigenvalue weighted by Crippen LogP contribution is -2.27. The normalized spacial score (nSPS) is 11.5. The van der Waals surface area contributed by atoms with Crippen molar-refractivity contribution in [3.05, 3.63) is 28.8 Å². The third-order valence-corrected chi connectivity index (χ3v) is 3.63. The van der Waals surface area contributed by atoms with Crippen molar-refractivity contribution in [1.29, 1.82) is 0 Å². The van der Waals surface area contributed by atoms with Crippen molar-refractivity contribution in [3.63, 3.8) is 0 Å². The molecule has 0 unspecified atom stereocenters. The minimum atomic E-state index is -0.540. The highest BCUT2D eigenvalue weighted by atomic mass is 32.1. The van der Waals surface area contributed by atoms with Crippen LogP contribution in [0.25, 0.3) is 11.3 Å². The van der Waals surface area contributed by atoms with Crippen molar-refractivity contribution < 1.29 is 9.53 Å². The second-order valence-corrected chi connectivity index (χ2v) is 5.72. The van der Waals surface area contributed by atoms with Gasteiger partial charge in [-0.15, -0.1) is 11.3 Å². The molecule has 2 heterocycles. The number of hydrogen-bond donors (Lipinski definition) is 1. The van der Waals surface area contributed by atoms with E-state index in [-0.39, 0.29) is 5.97 Å². The quantitative estimate of drug-likeness (QED) is 0.864. The summed E-state index contributed by atoms with van der Waals surface area (Å²) in [4.78, 5) is 19.2. The molecule has 2 aromatic rings. The first-order valence-corrected chi connectivity index (χ1v) is 6.57. The first kappa shape index (κ1) is 12.8. The molecule has 0 atom stereocenters. The SMILES string of the molecule is COC(=O)C(C)(C)Cc1nc(-c2cc[nH]c2)cs1. The molecule has 0 aliphatic rings. The van der Waals surface area contributed by atoms with Crippen molar-refractivity contribution in [3.8, 4) is 11.3 Å². The van der Waals surface area contributed by atoms with E-state index in [9.17, 15) is 4.79 Å². The van der Waals surface area contributed by atoms with Gasteiger partial charge in [-0.3, -0.25) is 4.79 Å². The Balaban J connectivity index is 2.14. The zero-order valence-corrected chi connectivity index (χ0v) is 11.5. The van der Waals surface area contributed by atoms with Crippen molar-refractivity contribution in [2.45, 2.75) is 20.3 Å². The molecule has 5 heteroatoms. The molecular weight excluding hydrogens is 248 g/mol. The molecule has 4 nitrogen and oxygen atoms in total. The number of aromatic nitrogens is 2. The van der Waals surface area contributed by atoms with E-state index in [0.717, 1.165) is 16.3 Å². The summed E-state index contributed by atoms with van der Waals surface area (Å²) in [5.74, 6) is -0.208. The number of H-pyrrole nitrogens is 1. The number of esters is 1. The number of methoxy groups -OCH3 is 1. The number of thiazole rings is 1. The Labute approximate surface area is 110 Å². The van der Waals surface area contributed by atoms with Crippen LogP contribution < -0.4 is 0 Å². The van der Waals surface area contributed by atoms with Crippen LogP contribution in [0.4, 0.5) is 0 Å². The van der Waals surface area contributed by atoms with Crippen molar-refractivity contribution in [2.24, 2.45) is 5.41 Å². The molecule has 18 heavy (non-hydrogen) atoms. The Morgan fingerprint density at radius 1 is 1.56 bits per heavy atom. The van der Waals surface area contributed by atoms with Crippen LogP contribution in [0.3, 0.4) is 0 Å². The maximum absolute atomic E-state index is 11.6. The highest BCUT2D eigenvalue weighted by molar-refractivity contribution is 7.10. The Morgan fingerprint density at radius 2 is 2.33 bits per heavy atom. The van der Waals surface area contributed by atoms with E-state index >= 15 is 0 Å². The molecule has 0 aliphatic carbocycles. The zero-order chi connectivity index (χ0) is 13.2. The van der Waals surface area contributed by atoms with E-state index in [1.54, 1.807) is 11.3 Å². The van der Waals surface area contributed by atoms with Gasteiger partial charge < -0.3 is 9.72 Å². The maximum Gasteiger partial charge on any atom is 0.311 e. The van der Waals surface area contributed by atoms with Gasteiger partial charge in [0.25, 0.3) is 0 Å². The topological polar surface area (TPSA) is 55.0 Å². The van der Waals surface area contributed by atoms with Gasteiger partial charge in [0.1, 0.15) is 0 Å². The van der Waals surface area contributed by atoms with Crippen molar-refractivity contribution in [2.75, 3.05) is 7.11 Å². The number of hydrogen-bond acceptors (Lipinski definition) is 4. The fourth-order valence-corrected chi connectivity index (χ4v) is 2.77. The summed E-state index contributed by atoms with van der Waals surface area (Å²) >= 11 is 1.57. The van der Waals surface area contributed by atoms with E-state index in [0.29, 0.717) is 6.42 Å². The molecule has 0 aliphatic heterocycles. The smallest absolute Gasteiger partial charge is 0.311 e. The summed E-state index contributed by atoms with van der Waals surface area (Å²) in [6.45, 7) is 3.74. The van der Waals surface area contributed by atoms with Gasteiger partial charge in [0.05, 0.1) is 23.2 Å². The highest BCUT2D eigenvalue weighted by Gasteiger charge is 2.30. The highest BCUT2D eigenvalue weighted by Crippen LogP contribution is 2.28. The maximum atomic E-state index is 11.6. The van der Waals surface area contributed by atoms with Crippen LogP contribution in [0.15, 0.2) is 23.8 Å². The van der Waals surface area contributed by atoms with Gasteiger partial charge in [0, 0.05) is 29.8 Å². The molecule has 0 aromatic carbocycles. The van der Waals surface area contributed by atoms with Crippen molar-refractivity contribution >= 4 is 17.3 Å². The van der Waals surface area contributed by atoms with Crippen LogP contribution in [-0.4, -0.2) is 23.0 Å². The van der Waals surface area contributed by atoms with E-state index in [4.69, 9.17) is 4.74 Å². The molecule has 0 saturated heterocycles. The summed E-state index contributed by atoms with van der Waals surface area (Å²) in [5.41, 5.74) is 1.47. The summed E-state index contributed by atoms with van der Waals surface area (Å²) in [5, 5.41) is 2.95. The Morgan fingerprint density at radius 3 is 2.94 bits per heavy atom. The number of rotatable bonds is 4. The van der Waals surface area contributed by atoms with Gasteiger partial charge in [-0.25, -0.2) is 4.98 Å². The van der Waals surface area contributed by atoms with Crippen LogP contribution >= 0.6 is 11.3 Å². The first-order chi connectivity index (χ1) is 8.53. The molecule has 2 aromatic heterocycles. The molecule has 1 N–H and O–H groups in total. The average Bonchev–Trinajstić information content (AvgIpc) is 2.97. The van der Waals surface area contributed by atoms with Crippen LogP contribution in [-0.2, 0) is 16.0 Å². The standard InChI is InChI=1S/C13H16N2O2S/c1-13(2,12(16)17-3)6-11-15-10(8-18-11)9-4-5-14-7-9/h4-5,7-8,14H,6H2,1-3H3. The molecule has 2 rings (SSSR count). The minimum absolute atomic E-state index is 0.208. The molecule has 0 bridgehead atoms. The lowest BCUT2D eigenvalue weighted by Gasteiger charge is -2.19. The largest absolute Gasteiger partial charge is 0.469 e. The summed E-state index contributed by atoms with van der Waals surface area (Å²) in [7, 11) is 1.41. The second kappa shape index (κ2) is 4.94. The molecule has 0 fully saturated rings. The fraction of sp³-hybridized carbons (Fsp3) is 0.385. The molecule has 0 amide bonds. The van der Waals surface area contributed by atoms with E-state index < -0.39 is 5.41 Å². The van der Waals surface area contributed by atoms with Crippen LogP contribution in [0.2, 0.25) is 0 Å². The number of aromatic amines is 1. The van der Waals surface area contributed by atoms with Crippen LogP contribution in [0.5, 0.6) is 0 Å². The Bertz CT molecular complexity index is 529. The van der Waals surface area contributed by atoms with Gasteiger partial charge in [-0.2, -0.15) is 0 Å². The third kappa shape index (κ3) is 2.61. The average molecular weight is 264 g/mol. The van der Waals surface area contributed by atoms with Gasteiger partial charge in [-0.1, -0.05) is 0 Å². The van der Waals surface area contributed by atoms with E-state index in [1.807, 2.05) is 37.7 Å². The second-order valence-electron chi connectivity index (χ2n) is 4.78. The molecule has 0 saturated carbocycles. The Kier molecular flexibility index (Phi) is 3.52. The van der Waals surface area contributed by atoms with Gasteiger partial charge in [-0.05, 0) is 19.9 Å². The van der Waals surface area contributed by atoms with Crippen LogP contribution in [0.1, 0.15) is 18.9 Å². The monoisotopic (exact) mass is 264 g/mol. The molecule has 0 radical (unpaired) electrons. The van der Waals surface area contributed by atoms with Crippen molar-refractivity contribution in [1.82, 2.24) is 9.97 Å². The zero-order valence-electron chi connectivity index (χ0n) is 10.7. The van der Waals surface area contributed by atoms with E-state index in [2.05, 4.69) is 9.97 Å². The van der Waals surface area contributed by atoms with Gasteiger partial charge >= 0.3 is 5.97 Å². The molecule has 96 valence electrons. The number of carbonyl (C=O) groups excluding carboxylic acids is 1. The number of ether oxygens (including phenoxy) is 1. The lowest BCUT2D eigenvalue weighted by atomic mass is 9.90. The third-order valence-electron chi connectivity index (χ3n) is 2.78. The number of nitrogens with zero attached hydrogens (tertiary/aromatic N) is 1. The van der Waals surface area contributed by atoms with E-state index in [1.165, 1.54) is 7.11 Å². The first-order valence-electron chi connectivity index (χ1n) is 5.69. The predicted molar refractivity (Wildman–Crippen MR) is 71.4 cm³/mol. The molecule has 0 spiro atoms. The minimum Gasteiger partial charge on any atom is -0.469 e. The number of carbonyl (C=O) groups is 1. The Hall–Kier alpha value is -1.62. The van der Waals surface area contributed by atoms with Gasteiger partial charge in [0.2, 0.25) is 0 Å². The summed E-state index contributed by atoms with van der Waals surface area (Å²) in [6, 6.07) is 1.98. The molecular formula is C13H16N2O2S. The number of nitrogens with one attached hydrogen (secondary N) is 1. The lowest BCUT2D eigenvalue weighted by molar-refractivity contribution is -0.150. The summed E-state index contributed by atoms with van der Waals surface area (Å²) in [6.07, 6.45) is 4.37. The van der Waals surface area contributed by atoms with Gasteiger partial charge in [0.15, 0.2) is 0 Å². The predicted octanol–water partition coefficient (Wildman–Crippen LogP) is 2.88. The fourth-order valence-electron chi connectivity index (χ4n) is 1.73. The van der Waals surface area contributed by atoms with Crippen LogP contribution in [0, 0.1) is 5.41 Å². The summed E-state index contributed by atoms with van der Waals surface area (Å²) < 4.78 is 4.80.